The number of nitrogens with one attached hydrogen (secondary N) is 2. The van der Waals surface area contributed by atoms with E-state index in [1.165, 1.54) is 11.3 Å². The van der Waals surface area contributed by atoms with Crippen molar-refractivity contribution < 1.29 is 14.3 Å². The summed E-state index contributed by atoms with van der Waals surface area (Å²) in [7, 11) is 1.68. The molecule has 1 aliphatic rings. The molecule has 2 aromatic carbocycles. The van der Waals surface area contributed by atoms with Crippen LogP contribution in [0.25, 0.3) is 0 Å². The summed E-state index contributed by atoms with van der Waals surface area (Å²) in [5, 5.41) is 7.93. The van der Waals surface area contributed by atoms with Crippen LogP contribution < -0.4 is 15.4 Å². The average molecular weight is 478 g/mol. The Morgan fingerprint density at radius 2 is 1.74 bits per heavy atom. The molecular formula is C27H31N3O3S. The minimum absolute atomic E-state index is 0.00738. The van der Waals surface area contributed by atoms with Crippen LogP contribution >= 0.6 is 11.3 Å². The maximum atomic E-state index is 13.4. The first-order valence-corrected chi connectivity index (χ1v) is 12.6. The zero-order valence-electron chi connectivity index (χ0n) is 19.4. The third kappa shape index (κ3) is 6.04. The number of methoxy groups -OCH3 is 1. The van der Waals surface area contributed by atoms with E-state index in [0.717, 1.165) is 42.8 Å². The Morgan fingerprint density at radius 1 is 1.00 bits per heavy atom. The highest BCUT2D eigenvalue weighted by atomic mass is 32.1. The molecule has 7 heteroatoms. The number of hydrogen-bond acceptors (Lipinski definition) is 5. The predicted molar refractivity (Wildman–Crippen MR) is 135 cm³/mol. The molecule has 0 unspecified atom stereocenters. The van der Waals surface area contributed by atoms with Gasteiger partial charge in [0.25, 0.3) is 5.91 Å². The van der Waals surface area contributed by atoms with Gasteiger partial charge in [-0.15, -0.1) is 11.3 Å². The van der Waals surface area contributed by atoms with E-state index in [2.05, 4.69) is 21.6 Å². The quantitative estimate of drug-likeness (QED) is 0.462. The van der Waals surface area contributed by atoms with Gasteiger partial charge < -0.3 is 15.4 Å². The van der Waals surface area contributed by atoms with Crippen molar-refractivity contribution in [2.24, 2.45) is 0 Å². The molecule has 0 bridgehead atoms. The standard InChI is InChI=1S/C27H31N3O3S/c1-33-24-13-6-5-12-21(24)23(30-15-7-8-16-30)19-28-26(31)22(18-20-10-3-2-4-11-20)29-27(32)25-14-9-17-34-25/h2-6,9-14,17,22-23H,7-8,15-16,18-19H2,1H3,(H,28,31)(H,29,32)/t22-,23+/m1/s1. The first kappa shape index (κ1) is 24.0. The largest absolute Gasteiger partial charge is 0.496 e. The van der Waals surface area contributed by atoms with E-state index in [0.29, 0.717) is 17.8 Å². The molecule has 1 fully saturated rings. The Kier molecular flexibility index (Phi) is 8.33. The number of carbonyl (C=O) groups is 2. The van der Waals surface area contributed by atoms with Crippen LogP contribution in [0.3, 0.4) is 0 Å². The Hall–Kier alpha value is -3.16. The van der Waals surface area contributed by atoms with E-state index in [-0.39, 0.29) is 17.9 Å². The van der Waals surface area contributed by atoms with Gasteiger partial charge in [-0.25, -0.2) is 0 Å². The molecule has 3 aromatic rings. The van der Waals surface area contributed by atoms with E-state index < -0.39 is 6.04 Å². The topological polar surface area (TPSA) is 70.7 Å². The number of rotatable bonds is 10. The lowest BCUT2D eigenvalue weighted by Gasteiger charge is -2.30. The monoisotopic (exact) mass is 477 g/mol. The van der Waals surface area contributed by atoms with Gasteiger partial charge in [-0.05, 0) is 49.0 Å². The maximum Gasteiger partial charge on any atom is 0.262 e. The number of thiophene rings is 1. The van der Waals surface area contributed by atoms with Gasteiger partial charge in [0, 0.05) is 18.5 Å². The summed E-state index contributed by atoms with van der Waals surface area (Å²) < 4.78 is 5.62. The highest BCUT2D eigenvalue weighted by Gasteiger charge is 2.28. The Morgan fingerprint density at radius 3 is 2.44 bits per heavy atom. The minimum atomic E-state index is -0.672. The van der Waals surface area contributed by atoms with E-state index in [1.54, 1.807) is 13.2 Å². The highest BCUT2D eigenvalue weighted by molar-refractivity contribution is 7.12. The van der Waals surface area contributed by atoms with Crippen LogP contribution in [-0.4, -0.2) is 49.5 Å². The van der Waals surface area contributed by atoms with Gasteiger partial charge >= 0.3 is 0 Å². The summed E-state index contributed by atoms with van der Waals surface area (Å²) in [4.78, 5) is 29.1. The van der Waals surface area contributed by atoms with Crippen LogP contribution in [0.2, 0.25) is 0 Å². The number of para-hydroxylation sites is 1. The SMILES string of the molecule is COc1ccccc1[C@H](CNC(=O)[C@@H](Cc1ccccc1)NC(=O)c1cccs1)N1CCCC1. The lowest BCUT2D eigenvalue weighted by atomic mass is 10.0. The summed E-state index contributed by atoms with van der Waals surface area (Å²) in [6.07, 6.45) is 2.72. The molecule has 0 spiro atoms. The fourth-order valence-electron chi connectivity index (χ4n) is 4.45. The van der Waals surface area contributed by atoms with E-state index in [4.69, 9.17) is 4.74 Å². The molecule has 0 radical (unpaired) electrons. The molecule has 6 nitrogen and oxygen atoms in total. The average Bonchev–Trinajstić information content (AvgIpc) is 3.59. The molecule has 4 rings (SSSR count). The third-order valence-corrected chi connectivity index (χ3v) is 7.07. The normalized spacial score (nSPS) is 15.4. The molecule has 1 aliphatic heterocycles. The summed E-state index contributed by atoms with van der Waals surface area (Å²) in [6.45, 7) is 2.42. The molecule has 2 atom stereocenters. The van der Waals surface area contributed by atoms with Crippen molar-refractivity contribution in [1.82, 2.24) is 15.5 Å². The third-order valence-electron chi connectivity index (χ3n) is 6.20. The Bertz CT molecular complexity index is 1070. The fourth-order valence-corrected chi connectivity index (χ4v) is 5.07. The number of likely N-dealkylation sites (tertiary alicyclic amines) is 1. The van der Waals surface area contributed by atoms with Gasteiger partial charge in [-0.1, -0.05) is 54.6 Å². The summed E-state index contributed by atoms with van der Waals surface area (Å²) in [5.74, 6) is 0.403. The molecule has 2 amide bonds. The van der Waals surface area contributed by atoms with Gasteiger partial charge in [-0.3, -0.25) is 14.5 Å². The molecule has 1 saturated heterocycles. The lowest BCUT2D eigenvalue weighted by Crippen LogP contribution is -2.49. The second-order valence-corrected chi connectivity index (χ2v) is 9.39. The van der Waals surface area contributed by atoms with Crippen molar-refractivity contribution in [2.75, 3.05) is 26.7 Å². The minimum Gasteiger partial charge on any atom is -0.496 e. The lowest BCUT2D eigenvalue weighted by molar-refractivity contribution is -0.123. The Labute approximate surface area is 204 Å². The molecule has 2 N–H and O–H groups in total. The zero-order valence-corrected chi connectivity index (χ0v) is 20.2. The van der Waals surface area contributed by atoms with E-state index in [1.807, 2.05) is 60.0 Å². The summed E-state index contributed by atoms with van der Waals surface area (Å²) >= 11 is 1.36. The van der Waals surface area contributed by atoms with Crippen molar-refractivity contribution in [3.05, 3.63) is 88.1 Å². The van der Waals surface area contributed by atoms with Crippen molar-refractivity contribution in [3.63, 3.8) is 0 Å². The van der Waals surface area contributed by atoms with Gasteiger partial charge in [0.1, 0.15) is 11.8 Å². The van der Waals surface area contributed by atoms with E-state index in [9.17, 15) is 9.59 Å². The molecule has 34 heavy (non-hydrogen) atoms. The van der Waals surface area contributed by atoms with Crippen LogP contribution in [0.4, 0.5) is 0 Å². The number of benzene rings is 2. The predicted octanol–water partition coefficient (Wildman–Crippen LogP) is 4.05. The van der Waals surface area contributed by atoms with Gasteiger partial charge in [0.05, 0.1) is 18.0 Å². The first-order chi connectivity index (χ1) is 16.7. The zero-order chi connectivity index (χ0) is 23.8. The molecule has 2 heterocycles. The number of carbonyl (C=O) groups excluding carboxylic acids is 2. The molecule has 1 aromatic heterocycles. The number of ether oxygens (including phenoxy) is 1. The van der Waals surface area contributed by atoms with Crippen molar-refractivity contribution >= 4 is 23.2 Å². The Balaban J connectivity index is 1.50. The van der Waals surface area contributed by atoms with Crippen molar-refractivity contribution in [2.45, 2.75) is 31.3 Å². The van der Waals surface area contributed by atoms with Crippen molar-refractivity contribution in [1.29, 1.82) is 0 Å². The molecule has 0 saturated carbocycles. The molecular weight excluding hydrogens is 446 g/mol. The summed E-state index contributed by atoms with van der Waals surface area (Å²) in [5.41, 5.74) is 2.06. The van der Waals surface area contributed by atoms with Crippen LogP contribution in [0.15, 0.2) is 72.1 Å². The smallest absolute Gasteiger partial charge is 0.262 e. The fraction of sp³-hybridized carbons (Fsp3) is 0.333. The van der Waals surface area contributed by atoms with Crippen molar-refractivity contribution in [3.8, 4) is 5.75 Å². The van der Waals surface area contributed by atoms with Crippen LogP contribution in [0.1, 0.15) is 39.7 Å². The van der Waals surface area contributed by atoms with Crippen LogP contribution in [-0.2, 0) is 11.2 Å². The second kappa shape index (κ2) is 11.8. The van der Waals surface area contributed by atoms with Gasteiger partial charge in [-0.2, -0.15) is 0 Å². The van der Waals surface area contributed by atoms with Crippen LogP contribution in [0, 0.1) is 0 Å². The number of nitrogens with zero attached hydrogens (tertiary/aromatic N) is 1. The van der Waals surface area contributed by atoms with Gasteiger partial charge in [0.2, 0.25) is 5.91 Å². The summed E-state index contributed by atoms with van der Waals surface area (Å²) in [6, 6.07) is 20.7. The maximum absolute atomic E-state index is 13.4. The highest BCUT2D eigenvalue weighted by Crippen LogP contribution is 2.31. The second-order valence-electron chi connectivity index (χ2n) is 8.44. The number of amides is 2. The first-order valence-electron chi connectivity index (χ1n) is 11.7. The van der Waals surface area contributed by atoms with Gasteiger partial charge in [0.15, 0.2) is 0 Å². The van der Waals surface area contributed by atoms with Crippen LogP contribution in [0.5, 0.6) is 5.75 Å². The molecule has 0 aliphatic carbocycles. The van der Waals surface area contributed by atoms with E-state index >= 15 is 0 Å². The number of hydrogen-bond donors (Lipinski definition) is 2. The molecule has 178 valence electrons.